The number of aryl methyl sites for hydroxylation is 1. The fourth-order valence-corrected chi connectivity index (χ4v) is 2.10. The van der Waals surface area contributed by atoms with Crippen LogP contribution >= 0.6 is 0 Å². The second kappa shape index (κ2) is 8.20. The Morgan fingerprint density at radius 2 is 2.14 bits per heavy atom. The number of pyridine rings is 1. The van der Waals surface area contributed by atoms with E-state index in [4.69, 9.17) is 4.74 Å². The van der Waals surface area contributed by atoms with Crippen LogP contribution in [-0.2, 0) is 4.74 Å². The molecule has 0 saturated heterocycles. The summed E-state index contributed by atoms with van der Waals surface area (Å²) in [5.41, 5.74) is 4.04. The molecule has 0 aliphatic rings. The van der Waals surface area contributed by atoms with Crippen molar-refractivity contribution in [2.45, 2.75) is 34.1 Å². The van der Waals surface area contributed by atoms with Crippen LogP contribution < -0.4 is 0 Å². The summed E-state index contributed by atoms with van der Waals surface area (Å²) in [7, 11) is 0. The highest BCUT2D eigenvalue weighted by Gasteiger charge is 2.19. The van der Waals surface area contributed by atoms with Crippen LogP contribution in [0, 0.1) is 6.92 Å². The van der Waals surface area contributed by atoms with E-state index in [1.54, 1.807) is 19.2 Å². The summed E-state index contributed by atoms with van der Waals surface area (Å²) in [6.45, 7) is 11.9. The van der Waals surface area contributed by atoms with Crippen molar-refractivity contribution in [1.29, 1.82) is 0 Å². The zero-order valence-electron chi connectivity index (χ0n) is 13.3. The maximum absolute atomic E-state index is 12.2. The van der Waals surface area contributed by atoms with E-state index in [1.165, 1.54) is 0 Å². The summed E-state index contributed by atoms with van der Waals surface area (Å²) >= 11 is 0. The van der Waals surface area contributed by atoms with Gasteiger partial charge >= 0.3 is 5.97 Å². The van der Waals surface area contributed by atoms with Crippen molar-refractivity contribution in [3.05, 3.63) is 53.4 Å². The van der Waals surface area contributed by atoms with Crippen molar-refractivity contribution in [2.24, 2.45) is 0 Å². The molecule has 0 atom stereocenters. The number of esters is 1. The Balaban J connectivity index is 3.62. The van der Waals surface area contributed by atoms with E-state index in [0.717, 1.165) is 28.8 Å². The molecule has 0 aliphatic carbocycles. The molecule has 1 rings (SSSR count). The summed E-state index contributed by atoms with van der Waals surface area (Å²) in [6, 6.07) is 0. The van der Waals surface area contributed by atoms with Crippen LogP contribution in [-0.4, -0.2) is 17.6 Å². The fourth-order valence-electron chi connectivity index (χ4n) is 2.10. The Labute approximate surface area is 127 Å². The van der Waals surface area contributed by atoms with Crippen LogP contribution in [0.3, 0.4) is 0 Å². The number of hydrogen-bond donors (Lipinski definition) is 0. The van der Waals surface area contributed by atoms with E-state index in [9.17, 15) is 4.79 Å². The van der Waals surface area contributed by atoms with Gasteiger partial charge in [0.1, 0.15) is 0 Å². The minimum Gasteiger partial charge on any atom is -0.462 e. The average molecular weight is 285 g/mol. The van der Waals surface area contributed by atoms with E-state index >= 15 is 0 Å². The summed E-state index contributed by atoms with van der Waals surface area (Å²) < 4.78 is 5.14. The molecule has 112 valence electrons. The molecule has 21 heavy (non-hydrogen) atoms. The molecular weight excluding hydrogens is 262 g/mol. The number of carbonyl (C=O) groups is 1. The first-order valence-corrected chi connectivity index (χ1v) is 7.22. The summed E-state index contributed by atoms with van der Waals surface area (Å²) in [4.78, 5) is 16.5. The highest BCUT2D eigenvalue weighted by atomic mass is 16.5. The zero-order valence-corrected chi connectivity index (χ0v) is 13.3. The summed E-state index contributed by atoms with van der Waals surface area (Å²) in [6.07, 6.45) is 10.3. The van der Waals surface area contributed by atoms with Gasteiger partial charge in [0.25, 0.3) is 0 Å². The number of allylic oxidation sites excluding steroid dienone is 4. The maximum Gasteiger partial charge on any atom is 0.340 e. The summed E-state index contributed by atoms with van der Waals surface area (Å²) in [5.74, 6) is -0.354. The highest BCUT2D eigenvalue weighted by molar-refractivity contribution is 5.98. The van der Waals surface area contributed by atoms with Crippen molar-refractivity contribution >= 4 is 17.6 Å². The third-order valence-corrected chi connectivity index (χ3v) is 3.15. The van der Waals surface area contributed by atoms with E-state index < -0.39 is 0 Å². The van der Waals surface area contributed by atoms with Crippen LogP contribution in [0.2, 0.25) is 0 Å². The van der Waals surface area contributed by atoms with Gasteiger partial charge in [0.2, 0.25) is 0 Å². The minimum atomic E-state index is -0.354. The Bertz CT molecular complexity index is 583. The first-order chi connectivity index (χ1) is 10.1. The van der Waals surface area contributed by atoms with Crippen LogP contribution in [0.1, 0.15) is 54.4 Å². The first-order valence-electron chi connectivity index (χ1n) is 7.22. The lowest BCUT2D eigenvalue weighted by Crippen LogP contribution is -2.11. The third kappa shape index (κ3) is 3.91. The highest BCUT2D eigenvalue weighted by Crippen LogP contribution is 2.28. The van der Waals surface area contributed by atoms with Crippen LogP contribution in [0.5, 0.6) is 0 Å². The third-order valence-electron chi connectivity index (χ3n) is 3.15. The van der Waals surface area contributed by atoms with Crippen LogP contribution in [0.15, 0.2) is 31.0 Å². The monoisotopic (exact) mass is 285 g/mol. The minimum absolute atomic E-state index is 0.339. The second-order valence-electron chi connectivity index (χ2n) is 4.53. The molecule has 1 heterocycles. The average Bonchev–Trinajstić information content (AvgIpc) is 2.48. The van der Waals surface area contributed by atoms with Gasteiger partial charge in [0.05, 0.1) is 12.2 Å². The molecule has 0 fully saturated rings. The molecule has 0 amide bonds. The Morgan fingerprint density at radius 1 is 1.43 bits per heavy atom. The normalized spacial score (nSPS) is 11.7. The van der Waals surface area contributed by atoms with Crippen LogP contribution in [0.25, 0.3) is 11.6 Å². The predicted octanol–water partition coefficient (Wildman–Crippen LogP) is 4.58. The number of hydrogen-bond acceptors (Lipinski definition) is 3. The number of ether oxygens (including phenoxy) is 1. The Kier molecular flexibility index (Phi) is 6.60. The van der Waals surface area contributed by atoms with Gasteiger partial charge in [-0.2, -0.15) is 0 Å². The van der Waals surface area contributed by atoms with Gasteiger partial charge < -0.3 is 4.74 Å². The molecule has 0 unspecified atom stereocenters. The van der Waals surface area contributed by atoms with E-state index in [1.807, 2.05) is 26.0 Å². The summed E-state index contributed by atoms with van der Waals surface area (Å²) in [5, 5.41) is 0. The van der Waals surface area contributed by atoms with Crippen molar-refractivity contribution in [1.82, 2.24) is 4.98 Å². The smallest absolute Gasteiger partial charge is 0.340 e. The molecular formula is C18H23NO2. The number of aromatic nitrogens is 1. The van der Waals surface area contributed by atoms with Gasteiger partial charge in [-0.1, -0.05) is 37.8 Å². The molecule has 0 radical (unpaired) electrons. The van der Waals surface area contributed by atoms with Crippen molar-refractivity contribution in [3.8, 4) is 0 Å². The Morgan fingerprint density at radius 3 is 2.67 bits per heavy atom. The lowest BCUT2D eigenvalue weighted by Gasteiger charge is -2.14. The lowest BCUT2D eigenvalue weighted by molar-refractivity contribution is 0.0525. The van der Waals surface area contributed by atoms with Gasteiger partial charge in [-0.15, -0.1) is 0 Å². The largest absolute Gasteiger partial charge is 0.462 e. The molecule has 3 heteroatoms. The second-order valence-corrected chi connectivity index (χ2v) is 4.53. The topological polar surface area (TPSA) is 39.2 Å². The molecule has 0 aliphatic heterocycles. The van der Waals surface area contributed by atoms with Crippen LogP contribution in [0.4, 0.5) is 0 Å². The molecule has 1 aromatic heterocycles. The van der Waals surface area contributed by atoms with E-state index in [2.05, 4.69) is 24.6 Å². The van der Waals surface area contributed by atoms with Gasteiger partial charge in [0.15, 0.2) is 0 Å². The number of rotatable bonds is 6. The first kappa shape index (κ1) is 16.9. The fraction of sp³-hybridized carbons (Fsp3) is 0.333. The van der Waals surface area contributed by atoms with Gasteiger partial charge in [0, 0.05) is 23.0 Å². The SMILES string of the molecule is C=C/C(=C\C)c1c(C(=O)OCC)cnc(C)c1/C=C\CC. The molecule has 3 nitrogen and oxygen atoms in total. The molecule has 0 bridgehead atoms. The standard InChI is InChI=1S/C18H23NO2/c1-6-10-11-15-13(5)19-12-16(18(20)21-9-4)17(15)14(7-2)8-3/h7-8,10-12H,2,6,9H2,1,3-5H3/b11-10-,14-8+. The maximum atomic E-state index is 12.2. The molecule has 1 aromatic rings. The van der Waals surface area contributed by atoms with Gasteiger partial charge in [-0.05, 0) is 32.8 Å². The van der Waals surface area contributed by atoms with Crippen molar-refractivity contribution in [3.63, 3.8) is 0 Å². The van der Waals surface area contributed by atoms with Gasteiger partial charge in [-0.25, -0.2) is 4.79 Å². The number of carbonyl (C=O) groups excluding carboxylic acids is 1. The zero-order chi connectivity index (χ0) is 15.8. The Hall–Kier alpha value is -2.16. The number of nitrogens with zero attached hydrogens (tertiary/aromatic N) is 1. The molecule has 0 saturated carbocycles. The van der Waals surface area contributed by atoms with E-state index in [0.29, 0.717) is 12.2 Å². The predicted molar refractivity (Wildman–Crippen MR) is 88.1 cm³/mol. The van der Waals surface area contributed by atoms with E-state index in [-0.39, 0.29) is 5.97 Å². The quantitative estimate of drug-likeness (QED) is 0.567. The van der Waals surface area contributed by atoms with Crippen molar-refractivity contribution in [2.75, 3.05) is 6.61 Å². The lowest BCUT2D eigenvalue weighted by atomic mass is 9.93. The van der Waals surface area contributed by atoms with Crippen molar-refractivity contribution < 1.29 is 9.53 Å². The molecule has 0 N–H and O–H groups in total. The van der Waals surface area contributed by atoms with Gasteiger partial charge in [-0.3, -0.25) is 4.98 Å². The molecule has 0 spiro atoms. The molecule has 0 aromatic carbocycles.